The SMILES string of the molecule is CCCc1ccccc1NC1=NCC(C(C)C)S1. The predicted molar refractivity (Wildman–Crippen MR) is 82.6 cm³/mol. The molecule has 3 heteroatoms. The second kappa shape index (κ2) is 6.28. The lowest BCUT2D eigenvalue weighted by molar-refractivity contribution is 0.621. The van der Waals surface area contributed by atoms with Crippen LogP contribution >= 0.6 is 11.8 Å². The number of anilines is 1. The average Bonchev–Trinajstić information content (AvgIpc) is 2.81. The minimum Gasteiger partial charge on any atom is -0.335 e. The van der Waals surface area contributed by atoms with Gasteiger partial charge in [-0.2, -0.15) is 0 Å². The Hall–Kier alpha value is -0.960. The third-order valence-electron chi connectivity index (χ3n) is 3.20. The van der Waals surface area contributed by atoms with Crippen LogP contribution in [0.5, 0.6) is 0 Å². The van der Waals surface area contributed by atoms with Gasteiger partial charge in [0.15, 0.2) is 5.17 Å². The molecule has 0 saturated heterocycles. The van der Waals surface area contributed by atoms with E-state index in [1.165, 1.54) is 17.7 Å². The van der Waals surface area contributed by atoms with Gasteiger partial charge in [0, 0.05) is 10.9 Å². The molecule has 98 valence electrons. The van der Waals surface area contributed by atoms with E-state index in [2.05, 4.69) is 55.3 Å². The molecule has 1 atom stereocenters. The topological polar surface area (TPSA) is 24.4 Å². The Bertz CT molecular complexity index is 426. The largest absolute Gasteiger partial charge is 0.335 e. The number of hydrogen-bond donors (Lipinski definition) is 1. The average molecular weight is 262 g/mol. The Morgan fingerprint density at radius 3 is 2.83 bits per heavy atom. The summed E-state index contributed by atoms with van der Waals surface area (Å²) >= 11 is 1.88. The molecule has 18 heavy (non-hydrogen) atoms. The second-order valence-electron chi connectivity index (χ2n) is 5.08. The minimum atomic E-state index is 0.630. The summed E-state index contributed by atoms with van der Waals surface area (Å²) in [6, 6.07) is 8.54. The van der Waals surface area contributed by atoms with Crippen LogP contribution in [0.4, 0.5) is 5.69 Å². The highest BCUT2D eigenvalue weighted by Gasteiger charge is 2.22. The van der Waals surface area contributed by atoms with E-state index < -0.39 is 0 Å². The molecule has 2 rings (SSSR count). The summed E-state index contributed by atoms with van der Waals surface area (Å²) < 4.78 is 0. The summed E-state index contributed by atoms with van der Waals surface area (Å²) in [6.07, 6.45) is 2.29. The third kappa shape index (κ3) is 3.29. The molecular weight excluding hydrogens is 240 g/mol. The van der Waals surface area contributed by atoms with Crippen LogP contribution in [0, 0.1) is 5.92 Å². The van der Waals surface area contributed by atoms with Crippen LogP contribution in [0.15, 0.2) is 29.3 Å². The molecule has 0 fully saturated rings. The van der Waals surface area contributed by atoms with Crippen molar-refractivity contribution in [2.75, 3.05) is 11.9 Å². The van der Waals surface area contributed by atoms with Gasteiger partial charge in [-0.1, -0.05) is 57.2 Å². The van der Waals surface area contributed by atoms with Gasteiger partial charge >= 0.3 is 0 Å². The number of aryl methyl sites for hydroxylation is 1. The van der Waals surface area contributed by atoms with Gasteiger partial charge in [-0.15, -0.1) is 0 Å². The van der Waals surface area contributed by atoms with Crippen LogP contribution in [0.25, 0.3) is 0 Å². The highest BCUT2D eigenvalue weighted by atomic mass is 32.2. The zero-order valence-electron chi connectivity index (χ0n) is 11.4. The molecule has 0 aliphatic carbocycles. The van der Waals surface area contributed by atoms with Crippen molar-refractivity contribution in [1.82, 2.24) is 0 Å². The normalized spacial score (nSPS) is 19.1. The fraction of sp³-hybridized carbons (Fsp3) is 0.533. The molecule has 1 unspecified atom stereocenters. The summed E-state index contributed by atoms with van der Waals surface area (Å²) in [5, 5.41) is 5.20. The molecular formula is C15H22N2S. The second-order valence-corrected chi connectivity index (χ2v) is 6.31. The maximum absolute atomic E-state index is 4.60. The van der Waals surface area contributed by atoms with Crippen molar-refractivity contribution in [3.05, 3.63) is 29.8 Å². The van der Waals surface area contributed by atoms with Crippen molar-refractivity contribution in [2.45, 2.75) is 38.9 Å². The van der Waals surface area contributed by atoms with Gasteiger partial charge in [0.1, 0.15) is 0 Å². The van der Waals surface area contributed by atoms with E-state index in [1.54, 1.807) is 0 Å². The molecule has 0 radical (unpaired) electrons. The van der Waals surface area contributed by atoms with E-state index in [9.17, 15) is 0 Å². The predicted octanol–water partition coefficient (Wildman–Crippen LogP) is 4.18. The molecule has 0 saturated carbocycles. The Morgan fingerprint density at radius 1 is 1.39 bits per heavy atom. The molecule has 0 aromatic heterocycles. The first-order chi connectivity index (χ1) is 8.70. The zero-order valence-corrected chi connectivity index (χ0v) is 12.3. The standard InChI is InChI=1S/C15H22N2S/c1-4-7-12-8-5-6-9-13(12)17-15-16-10-14(18-15)11(2)3/h5-6,8-9,11,14H,4,7,10H2,1-3H3,(H,16,17). The number of hydrogen-bond acceptors (Lipinski definition) is 3. The monoisotopic (exact) mass is 262 g/mol. The Morgan fingerprint density at radius 2 is 2.17 bits per heavy atom. The van der Waals surface area contributed by atoms with Crippen molar-refractivity contribution in [2.24, 2.45) is 10.9 Å². The highest BCUT2D eigenvalue weighted by Crippen LogP contribution is 2.28. The minimum absolute atomic E-state index is 0.630. The molecule has 0 bridgehead atoms. The van der Waals surface area contributed by atoms with Gasteiger partial charge in [-0.05, 0) is 24.0 Å². The zero-order chi connectivity index (χ0) is 13.0. The van der Waals surface area contributed by atoms with Crippen LogP contribution in [-0.4, -0.2) is 17.0 Å². The van der Waals surface area contributed by atoms with E-state index in [4.69, 9.17) is 0 Å². The van der Waals surface area contributed by atoms with Crippen molar-refractivity contribution >= 4 is 22.6 Å². The number of rotatable bonds is 4. The molecule has 1 aliphatic heterocycles. The van der Waals surface area contributed by atoms with Crippen molar-refractivity contribution in [3.63, 3.8) is 0 Å². The van der Waals surface area contributed by atoms with Gasteiger partial charge < -0.3 is 5.32 Å². The molecule has 0 amide bonds. The molecule has 1 aromatic rings. The van der Waals surface area contributed by atoms with Crippen molar-refractivity contribution in [3.8, 4) is 0 Å². The molecule has 2 nitrogen and oxygen atoms in total. The van der Waals surface area contributed by atoms with Crippen LogP contribution in [0.2, 0.25) is 0 Å². The number of benzene rings is 1. The molecule has 1 heterocycles. The molecule has 1 N–H and O–H groups in total. The van der Waals surface area contributed by atoms with Crippen LogP contribution < -0.4 is 5.32 Å². The van der Waals surface area contributed by atoms with Crippen LogP contribution in [0.1, 0.15) is 32.8 Å². The quantitative estimate of drug-likeness (QED) is 0.880. The first-order valence-electron chi connectivity index (χ1n) is 6.76. The van der Waals surface area contributed by atoms with Gasteiger partial charge in [-0.25, -0.2) is 0 Å². The van der Waals surface area contributed by atoms with E-state index in [0.717, 1.165) is 18.1 Å². The van der Waals surface area contributed by atoms with E-state index in [-0.39, 0.29) is 0 Å². The van der Waals surface area contributed by atoms with Crippen molar-refractivity contribution in [1.29, 1.82) is 0 Å². The van der Waals surface area contributed by atoms with E-state index in [0.29, 0.717) is 11.2 Å². The summed E-state index contributed by atoms with van der Waals surface area (Å²) in [7, 11) is 0. The summed E-state index contributed by atoms with van der Waals surface area (Å²) in [6.45, 7) is 7.69. The number of para-hydroxylation sites is 1. The lowest BCUT2D eigenvalue weighted by Gasteiger charge is -2.14. The van der Waals surface area contributed by atoms with Gasteiger partial charge in [0.25, 0.3) is 0 Å². The highest BCUT2D eigenvalue weighted by molar-refractivity contribution is 8.15. The maximum atomic E-state index is 4.60. The maximum Gasteiger partial charge on any atom is 0.161 e. The summed E-state index contributed by atoms with van der Waals surface area (Å²) in [5.41, 5.74) is 2.60. The van der Waals surface area contributed by atoms with Crippen molar-refractivity contribution < 1.29 is 0 Å². The number of nitrogens with one attached hydrogen (secondary N) is 1. The first kappa shape index (κ1) is 13.5. The summed E-state index contributed by atoms with van der Waals surface area (Å²) in [4.78, 5) is 4.60. The summed E-state index contributed by atoms with van der Waals surface area (Å²) in [5.74, 6) is 0.684. The Labute approximate surface area is 114 Å². The van der Waals surface area contributed by atoms with E-state index >= 15 is 0 Å². The fourth-order valence-corrected chi connectivity index (χ4v) is 3.08. The van der Waals surface area contributed by atoms with Crippen LogP contribution in [0.3, 0.4) is 0 Å². The van der Waals surface area contributed by atoms with Crippen LogP contribution in [-0.2, 0) is 6.42 Å². The van der Waals surface area contributed by atoms with Gasteiger partial charge in [0.05, 0.1) is 6.54 Å². The number of aliphatic imine (C=N–C) groups is 1. The lowest BCUT2D eigenvalue weighted by Crippen LogP contribution is -2.13. The third-order valence-corrected chi connectivity index (χ3v) is 4.65. The molecule has 1 aliphatic rings. The Kier molecular flexibility index (Phi) is 4.70. The number of thioether (sulfide) groups is 1. The molecule has 1 aromatic carbocycles. The van der Waals surface area contributed by atoms with E-state index in [1.807, 2.05) is 11.8 Å². The number of amidine groups is 1. The Balaban J connectivity index is 2.02. The fourth-order valence-electron chi connectivity index (χ4n) is 2.05. The van der Waals surface area contributed by atoms with Gasteiger partial charge in [0.2, 0.25) is 0 Å². The number of nitrogens with zero attached hydrogens (tertiary/aromatic N) is 1. The van der Waals surface area contributed by atoms with Gasteiger partial charge in [-0.3, -0.25) is 4.99 Å². The lowest BCUT2D eigenvalue weighted by atomic mass is 10.1. The smallest absolute Gasteiger partial charge is 0.161 e. The molecule has 0 spiro atoms. The first-order valence-corrected chi connectivity index (χ1v) is 7.64.